The van der Waals surface area contributed by atoms with Crippen molar-refractivity contribution in [1.29, 1.82) is 0 Å². The monoisotopic (exact) mass is 410 g/mol. The number of aryl methyl sites for hydroxylation is 1. The maximum Gasteiger partial charge on any atom is 0.316 e. The van der Waals surface area contributed by atoms with Gasteiger partial charge in [-0.3, -0.25) is 9.59 Å². The van der Waals surface area contributed by atoms with Crippen molar-refractivity contribution in [2.45, 2.75) is 6.92 Å². The topological polar surface area (TPSA) is 116 Å². The highest BCUT2D eigenvalue weighted by molar-refractivity contribution is 5.95. The molecule has 9 nitrogen and oxygen atoms in total. The first kappa shape index (κ1) is 20.8. The lowest BCUT2D eigenvalue weighted by Crippen LogP contribution is -2.34. The average molecular weight is 410 g/mol. The summed E-state index contributed by atoms with van der Waals surface area (Å²) in [4.78, 5) is 28.5. The molecular weight excluding hydrogens is 388 g/mol. The Morgan fingerprint density at radius 1 is 0.933 bits per heavy atom. The number of hydrogen-bond donors (Lipinski definition) is 2. The number of hydrogen-bond acceptors (Lipinski definition) is 7. The standard InChI is InChI=1S/C21H22N4O5/c1-13-4-6-14(7-5-13)18-24-21(30-25-18)20(27)23-11-10-22-19(26)15-8-9-16(28-2)17(12-15)29-3/h4-9,12H,10-11H2,1-3H3,(H,22,26)(H,23,27). The summed E-state index contributed by atoms with van der Waals surface area (Å²) in [6.07, 6.45) is 0. The summed E-state index contributed by atoms with van der Waals surface area (Å²) in [6, 6.07) is 12.4. The number of nitrogens with zero attached hydrogens (tertiary/aromatic N) is 2. The van der Waals surface area contributed by atoms with Crippen LogP contribution in [0.4, 0.5) is 0 Å². The summed E-state index contributed by atoms with van der Waals surface area (Å²) in [6.45, 7) is 2.39. The fraction of sp³-hybridized carbons (Fsp3) is 0.238. The predicted octanol–water partition coefficient (Wildman–Crippen LogP) is 2.22. The lowest BCUT2D eigenvalue weighted by molar-refractivity contribution is 0.0898. The molecule has 3 aromatic rings. The van der Waals surface area contributed by atoms with E-state index in [1.165, 1.54) is 14.2 Å². The summed E-state index contributed by atoms with van der Waals surface area (Å²) < 4.78 is 15.4. The van der Waals surface area contributed by atoms with E-state index in [1.54, 1.807) is 18.2 Å². The molecule has 0 saturated heterocycles. The van der Waals surface area contributed by atoms with E-state index in [2.05, 4.69) is 20.8 Å². The summed E-state index contributed by atoms with van der Waals surface area (Å²) in [5, 5.41) is 9.17. The van der Waals surface area contributed by atoms with E-state index in [0.717, 1.165) is 11.1 Å². The van der Waals surface area contributed by atoms with Gasteiger partial charge in [-0.2, -0.15) is 4.98 Å². The fourth-order valence-corrected chi connectivity index (χ4v) is 2.64. The van der Waals surface area contributed by atoms with Crippen molar-refractivity contribution in [2.24, 2.45) is 0 Å². The van der Waals surface area contributed by atoms with Crippen LogP contribution in [0.3, 0.4) is 0 Å². The van der Waals surface area contributed by atoms with Gasteiger partial charge in [-0.25, -0.2) is 0 Å². The highest BCUT2D eigenvalue weighted by Gasteiger charge is 2.16. The van der Waals surface area contributed by atoms with Crippen molar-refractivity contribution in [2.75, 3.05) is 27.3 Å². The van der Waals surface area contributed by atoms with Gasteiger partial charge in [0.25, 0.3) is 5.91 Å². The molecule has 0 bridgehead atoms. The number of carbonyl (C=O) groups excluding carboxylic acids is 2. The second-order valence-corrected chi connectivity index (χ2v) is 6.37. The molecule has 2 N–H and O–H groups in total. The van der Waals surface area contributed by atoms with Gasteiger partial charge in [-0.05, 0) is 25.1 Å². The summed E-state index contributed by atoms with van der Waals surface area (Å²) >= 11 is 0. The first-order valence-corrected chi connectivity index (χ1v) is 9.21. The maximum atomic E-state index is 12.3. The number of amides is 2. The van der Waals surface area contributed by atoms with Gasteiger partial charge in [0.15, 0.2) is 11.5 Å². The predicted molar refractivity (Wildman–Crippen MR) is 109 cm³/mol. The summed E-state index contributed by atoms with van der Waals surface area (Å²) in [7, 11) is 3.02. The van der Waals surface area contributed by atoms with E-state index in [0.29, 0.717) is 22.9 Å². The minimum atomic E-state index is -0.513. The Bertz CT molecular complexity index is 1030. The molecule has 0 spiro atoms. The van der Waals surface area contributed by atoms with E-state index < -0.39 is 5.91 Å². The number of aromatic nitrogens is 2. The molecule has 2 amide bonds. The van der Waals surface area contributed by atoms with E-state index in [4.69, 9.17) is 14.0 Å². The second kappa shape index (κ2) is 9.55. The largest absolute Gasteiger partial charge is 0.493 e. The molecule has 0 saturated carbocycles. The Morgan fingerprint density at radius 3 is 2.27 bits per heavy atom. The Kier molecular flexibility index (Phi) is 6.63. The van der Waals surface area contributed by atoms with E-state index >= 15 is 0 Å². The van der Waals surface area contributed by atoms with Crippen molar-refractivity contribution in [3.63, 3.8) is 0 Å². The Labute approximate surface area is 173 Å². The molecule has 156 valence electrons. The van der Waals surface area contributed by atoms with E-state index in [1.807, 2.05) is 31.2 Å². The fourth-order valence-electron chi connectivity index (χ4n) is 2.64. The summed E-state index contributed by atoms with van der Waals surface area (Å²) in [5.74, 6) is 0.370. The number of carbonyl (C=O) groups is 2. The highest BCUT2D eigenvalue weighted by atomic mass is 16.5. The minimum absolute atomic E-state index is 0.142. The van der Waals surface area contributed by atoms with Gasteiger partial charge in [-0.1, -0.05) is 35.0 Å². The number of nitrogens with one attached hydrogen (secondary N) is 2. The Balaban J connectivity index is 1.49. The molecule has 9 heteroatoms. The van der Waals surface area contributed by atoms with Crippen LogP contribution in [0, 0.1) is 6.92 Å². The molecule has 30 heavy (non-hydrogen) atoms. The normalized spacial score (nSPS) is 10.4. The quantitative estimate of drug-likeness (QED) is 0.547. The van der Waals surface area contributed by atoms with Crippen LogP contribution in [0.2, 0.25) is 0 Å². The van der Waals surface area contributed by atoms with Gasteiger partial charge in [0.05, 0.1) is 14.2 Å². The van der Waals surface area contributed by atoms with Gasteiger partial charge < -0.3 is 24.6 Å². The molecule has 0 radical (unpaired) electrons. The number of methoxy groups -OCH3 is 2. The zero-order valence-electron chi connectivity index (χ0n) is 16.9. The van der Waals surface area contributed by atoms with Crippen LogP contribution in [-0.2, 0) is 0 Å². The Hall–Kier alpha value is -3.88. The first-order valence-electron chi connectivity index (χ1n) is 9.21. The molecule has 0 fully saturated rings. The van der Waals surface area contributed by atoms with Crippen molar-refractivity contribution >= 4 is 11.8 Å². The zero-order valence-corrected chi connectivity index (χ0v) is 16.9. The lowest BCUT2D eigenvalue weighted by Gasteiger charge is -2.10. The van der Waals surface area contributed by atoms with Crippen LogP contribution in [0.5, 0.6) is 11.5 Å². The first-order chi connectivity index (χ1) is 14.5. The number of ether oxygens (including phenoxy) is 2. The van der Waals surface area contributed by atoms with Gasteiger partial charge in [-0.15, -0.1) is 0 Å². The minimum Gasteiger partial charge on any atom is -0.493 e. The smallest absolute Gasteiger partial charge is 0.316 e. The molecule has 0 aliphatic carbocycles. The van der Waals surface area contributed by atoms with Crippen molar-refractivity contribution < 1.29 is 23.6 Å². The number of benzene rings is 2. The van der Waals surface area contributed by atoms with Crippen LogP contribution < -0.4 is 20.1 Å². The molecule has 0 atom stereocenters. The molecule has 3 rings (SSSR count). The average Bonchev–Trinajstić information content (AvgIpc) is 3.26. The van der Waals surface area contributed by atoms with Crippen LogP contribution in [0.25, 0.3) is 11.4 Å². The van der Waals surface area contributed by atoms with Crippen molar-refractivity contribution in [3.8, 4) is 22.9 Å². The van der Waals surface area contributed by atoms with Crippen molar-refractivity contribution in [3.05, 3.63) is 59.5 Å². The van der Waals surface area contributed by atoms with Crippen molar-refractivity contribution in [1.82, 2.24) is 20.8 Å². The molecule has 0 aliphatic rings. The molecule has 2 aromatic carbocycles. The maximum absolute atomic E-state index is 12.3. The summed E-state index contributed by atoms with van der Waals surface area (Å²) in [5.41, 5.74) is 2.28. The van der Waals surface area contributed by atoms with Gasteiger partial charge in [0.2, 0.25) is 5.82 Å². The third-order valence-corrected chi connectivity index (χ3v) is 4.27. The second-order valence-electron chi connectivity index (χ2n) is 6.37. The van der Waals surface area contributed by atoms with Crippen LogP contribution in [-0.4, -0.2) is 49.3 Å². The number of rotatable bonds is 8. The van der Waals surface area contributed by atoms with Gasteiger partial charge in [0.1, 0.15) is 0 Å². The van der Waals surface area contributed by atoms with Gasteiger partial charge >= 0.3 is 11.8 Å². The molecule has 1 aromatic heterocycles. The van der Waals surface area contributed by atoms with E-state index in [9.17, 15) is 9.59 Å². The Morgan fingerprint density at radius 2 is 1.60 bits per heavy atom. The van der Waals surface area contributed by atoms with Crippen LogP contribution in [0.1, 0.15) is 26.6 Å². The SMILES string of the molecule is COc1ccc(C(=O)NCCNC(=O)c2nc(-c3ccc(C)cc3)no2)cc1OC. The van der Waals surface area contributed by atoms with E-state index in [-0.39, 0.29) is 24.9 Å². The molecular formula is C21H22N4O5. The molecule has 0 aliphatic heterocycles. The molecule has 1 heterocycles. The van der Waals surface area contributed by atoms with Gasteiger partial charge in [0, 0.05) is 24.2 Å². The third-order valence-electron chi connectivity index (χ3n) is 4.27. The zero-order chi connectivity index (χ0) is 21.5. The molecule has 0 unspecified atom stereocenters. The third kappa shape index (κ3) is 4.93. The lowest BCUT2D eigenvalue weighted by atomic mass is 10.1. The van der Waals surface area contributed by atoms with Crippen LogP contribution in [0.15, 0.2) is 47.0 Å². The highest BCUT2D eigenvalue weighted by Crippen LogP contribution is 2.27. The van der Waals surface area contributed by atoms with Crippen LogP contribution >= 0.6 is 0 Å².